The fraction of sp³-hybridized carbons (Fsp3) is 0.125. The Morgan fingerprint density at radius 1 is 1.42 bits per heavy atom. The number of anilines is 1. The minimum absolute atomic E-state index is 0.0414. The van der Waals surface area contributed by atoms with E-state index < -0.39 is 0 Å². The fourth-order valence-corrected chi connectivity index (χ4v) is 3.41. The van der Waals surface area contributed by atoms with Crippen molar-refractivity contribution in [2.45, 2.75) is 0 Å². The summed E-state index contributed by atoms with van der Waals surface area (Å²) in [6.45, 7) is 0.0414. The highest BCUT2D eigenvalue weighted by atomic mass is 127. The van der Waals surface area contributed by atoms with E-state index in [1.807, 2.05) is 40.8 Å². The van der Waals surface area contributed by atoms with E-state index in [9.17, 15) is 9.90 Å². The van der Waals surface area contributed by atoms with Gasteiger partial charge in [-0.1, -0.05) is 28.1 Å². The molecule has 0 spiro atoms. The summed E-state index contributed by atoms with van der Waals surface area (Å²) in [6, 6.07) is 10.8. The second-order valence-corrected chi connectivity index (χ2v) is 6.75. The first-order chi connectivity index (χ1) is 11.5. The topological polar surface area (TPSA) is 83.0 Å². The quantitative estimate of drug-likeness (QED) is 0.321. The number of nitrogens with one attached hydrogen (secondary N) is 2. The van der Waals surface area contributed by atoms with Crippen molar-refractivity contribution in [3.8, 4) is 11.5 Å². The van der Waals surface area contributed by atoms with Gasteiger partial charge in [0.1, 0.15) is 11.5 Å². The smallest absolute Gasteiger partial charge is 0.259 e. The van der Waals surface area contributed by atoms with E-state index in [1.165, 1.54) is 6.21 Å². The SMILES string of the molecule is COc1ccccc1NCC(=O)NN=Cc1cc(Br)cc(I)c1O. The van der Waals surface area contributed by atoms with Gasteiger partial charge < -0.3 is 15.2 Å². The molecule has 0 saturated heterocycles. The molecular formula is C16H15BrIN3O3. The number of aromatic hydroxyl groups is 1. The van der Waals surface area contributed by atoms with Crippen LogP contribution in [0.1, 0.15) is 5.56 Å². The normalized spacial score (nSPS) is 10.6. The van der Waals surface area contributed by atoms with E-state index in [0.29, 0.717) is 14.9 Å². The van der Waals surface area contributed by atoms with Crippen molar-refractivity contribution in [2.75, 3.05) is 19.0 Å². The Labute approximate surface area is 161 Å². The number of amides is 1. The lowest BCUT2D eigenvalue weighted by Crippen LogP contribution is -2.26. The Bertz CT molecular complexity index is 768. The van der Waals surface area contributed by atoms with Gasteiger partial charge in [0.15, 0.2) is 0 Å². The number of hydrogen-bond donors (Lipinski definition) is 3. The van der Waals surface area contributed by atoms with Gasteiger partial charge in [0.2, 0.25) is 0 Å². The third-order valence-corrected chi connectivity index (χ3v) is 4.28. The first-order valence-electron chi connectivity index (χ1n) is 6.88. The zero-order valence-corrected chi connectivity index (χ0v) is 16.5. The van der Waals surface area contributed by atoms with Crippen molar-refractivity contribution in [3.63, 3.8) is 0 Å². The van der Waals surface area contributed by atoms with Gasteiger partial charge in [0, 0.05) is 10.0 Å². The van der Waals surface area contributed by atoms with Gasteiger partial charge in [-0.15, -0.1) is 0 Å². The molecule has 1 amide bonds. The number of hydrogen-bond acceptors (Lipinski definition) is 5. The largest absolute Gasteiger partial charge is 0.506 e. The molecule has 2 rings (SSSR count). The molecule has 126 valence electrons. The lowest BCUT2D eigenvalue weighted by molar-refractivity contribution is -0.119. The van der Waals surface area contributed by atoms with Crippen LogP contribution in [0.4, 0.5) is 5.69 Å². The number of benzene rings is 2. The Balaban J connectivity index is 1.92. The summed E-state index contributed by atoms with van der Waals surface area (Å²) in [5.41, 5.74) is 3.63. The molecule has 0 unspecified atom stereocenters. The highest BCUT2D eigenvalue weighted by molar-refractivity contribution is 14.1. The van der Waals surface area contributed by atoms with E-state index in [0.717, 1.165) is 10.2 Å². The van der Waals surface area contributed by atoms with Crippen LogP contribution in [0.2, 0.25) is 0 Å². The van der Waals surface area contributed by atoms with Gasteiger partial charge in [0.05, 0.1) is 29.1 Å². The lowest BCUT2D eigenvalue weighted by atomic mass is 10.2. The van der Waals surface area contributed by atoms with E-state index in [1.54, 1.807) is 25.3 Å². The van der Waals surface area contributed by atoms with Crippen LogP contribution in [0.25, 0.3) is 0 Å². The van der Waals surface area contributed by atoms with Crippen LogP contribution in [0.3, 0.4) is 0 Å². The number of halogens is 2. The van der Waals surface area contributed by atoms with Crippen LogP contribution < -0.4 is 15.5 Å². The number of hydrazone groups is 1. The average molecular weight is 504 g/mol. The minimum atomic E-state index is -0.318. The summed E-state index contributed by atoms with van der Waals surface area (Å²) in [5.74, 6) is 0.452. The number of carbonyl (C=O) groups is 1. The van der Waals surface area contributed by atoms with E-state index >= 15 is 0 Å². The van der Waals surface area contributed by atoms with Crippen LogP contribution in [-0.4, -0.2) is 30.9 Å². The highest BCUT2D eigenvalue weighted by Crippen LogP contribution is 2.27. The zero-order chi connectivity index (χ0) is 17.5. The molecule has 0 fully saturated rings. The van der Waals surface area contributed by atoms with Crippen molar-refractivity contribution in [1.82, 2.24) is 5.43 Å². The predicted octanol–water partition coefficient (Wildman–Crippen LogP) is 3.33. The third-order valence-electron chi connectivity index (χ3n) is 3.00. The number of rotatable bonds is 6. The average Bonchev–Trinajstić information content (AvgIpc) is 2.57. The molecule has 0 bridgehead atoms. The van der Waals surface area contributed by atoms with Crippen LogP contribution in [-0.2, 0) is 4.79 Å². The Morgan fingerprint density at radius 2 is 2.17 bits per heavy atom. The molecule has 0 heterocycles. The second-order valence-electron chi connectivity index (χ2n) is 4.67. The maximum absolute atomic E-state index is 11.8. The van der Waals surface area contributed by atoms with E-state index in [4.69, 9.17) is 4.74 Å². The van der Waals surface area contributed by atoms with Crippen molar-refractivity contribution in [3.05, 3.63) is 50.0 Å². The Morgan fingerprint density at radius 3 is 2.92 bits per heavy atom. The van der Waals surface area contributed by atoms with Gasteiger partial charge in [0.25, 0.3) is 5.91 Å². The molecule has 0 aromatic heterocycles. The maximum atomic E-state index is 11.8. The molecule has 3 N–H and O–H groups in total. The second kappa shape index (κ2) is 8.88. The van der Waals surface area contributed by atoms with Gasteiger partial charge in [-0.25, -0.2) is 5.43 Å². The van der Waals surface area contributed by atoms with Crippen molar-refractivity contribution >= 4 is 56.3 Å². The standard InChI is InChI=1S/C16H15BrIN3O3/c1-24-14-5-3-2-4-13(14)19-9-15(22)21-20-8-10-6-11(17)7-12(18)16(10)23/h2-8,19,23H,9H2,1H3,(H,21,22). The summed E-state index contributed by atoms with van der Waals surface area (Å²) >= 11 is 5.36. The molecular weight excluding hydrogens is 489 g/mol. The third kappa shape index (κ3) is 5.10. The van der Waals surface area contributed by atoms with Crippen molar-refractivity contribution in [1.29, 1.82) is 0 Å². The van der Waals surface area contributed by atoms with E-state index in [2.05, 4.69) is 31.8 Å². The molecule has 0 saturated carbocycles. The summed E-state index contributed by atoms with van der Waals surface area (Å²) in [4.78, 5) is 11.8. The predicted molar refractivity (Wildman–Crippen MR) is 106 cm³/mol. The van der Waals surface area contributed by atoms with Gasteiger partial charge in [-0.3, -0.25) is 4.79 Å². The van der Waals surface area contributed by atoms with Gasteiger partial charge in [-0.05, 0) is 46.9 Å². The lowest BCUT2D eigenvalue weighted by Gasteiger charge is -2.09. The van der Waals surface area contributed by atoms with Gasteiger partial charge >= 0.3 is 0 Å². The maximum Gasteiger partial charge on any atom is 0.259 e. The highest BCUT2D eigenvalue weighted by Gasteiger charge is 2.06. The zero-order valence-electron chi connectivity index (χ0n) is 12.7. The minimum Gasteiger partial charge on any atom is -0.506 e. The van der Waals surface area contributed by atoms with E-state index in [-0.39, 0.29) is 18.2 Å². The van der Waals surface area contributed by atoms with Crippen LogP contribution in [0.15, 0.2) is 46.0 Å². The fourth-order valence-electron chi connectivity index (χ4n) is 1.86. The monoisotopic (exact) mass is 503 g/mol. The van der Waals surface area contributed by atoms with Crippen LogP contribution >= 0.6 is 38.5 Å². The molecule has 8 heteroatoms. The Hall–Kier alpha value is -1.81. The number of nitrogens with zero attached hydrogens (tertiary/aromatic N) is 1. The molecule has 24 heavy (non-hydrogen) atoms. The molecule has 0 aliphatic rings. The number of para-hydroxylation sites is 2. The van der Waals surface area contributed by atoms with Crippen molar-refractivity contribution in [2.24, 2.45) is 5.10 Å². The van der Waals surface area contributed by atoms with Crippen molar-refractivity contribution < 1.29 is 14.6 Å². The molecule has 2 aromatic rings. The summed E-state index contributed by atoms with van der Waals surface area (Å²) in [6.07, 6.45) is 1.39. The number of phenolic OH excluding ortho intramolecular Hbond substituents is 1. The number of ether oxygens (including phenoxy) is 1. The van der Waals surface area contributed by atoms with Crippen LogP contribution in [0, 0.1) is 3.57 Å². The number of methoxy groups -OCH3 is 1. The molecule has 0 aliphatic carbocycles. The molecule has 6 nitrogen and oxygen atoms in total. The summed E-state index contributed by atoms with van der Waals surface area (Å²) in [5, 5.41) is 16.8. The first kappa shape index (κ1) is 18.5. The number of carbonyl (C=O) groups excluding carboxylic acids is 1. The molecule has 0 atom stereocenters. The van der Waals surface area contributed by atoms with Gasteiger partial charge in [-0.2, -0.15) is 5.10 Å². The number of phenols is 1. The molecule has 0 aliphatic heterocycles. The first-order valence-corrected chi connectivity index (χ1v) is 8.75. The molecule has 2 aromatic carbocycles. The summed E-state index contributed by atoms with van der Waals surface area (Å²) in [7, 11) is 1.57. The summed E-state index contributed by atoms with van der Waals surface area (Å²) < 4.78 is 6.70. The van der Waals surface area contributed by atoms with Crippen LogP contribution in [0.5, 0.6) is 11.5 Å². The Kier molecular flexibility index (Phi) is 6.85. The molecule has 0 radical (unpaired) electrons.